The fraction of sp³-hybridized carbons (Fsp3) is 0.583. The van der Waals surface area contributed by atoms with Gasteiger partial charge in [0.05, 0.1) is 26.1 Å². The van der Waals surface area contributed by atoms with Crippen molar-refractivity contribution >= 4 is 5.97 Å². The van der Waals surface area contributed by atoms with Crippen LogP contribution >= 0.6 is 0 Å². The van der Waals surface area contributed by atoms with Gasteiger partial charge in [0.15, 0.2) is 5.69 Å². The molecule has 0 aliphatic heterocycles. The Bertz CT molecular complexity index is 382. The molecule has 0 atom stereocenters. The highest BCUT2D eigenvalue weighted by Gasteiger charge is 2.08. The first-order chi connectivity index (χ1) is 8.63. The number of carbonyl (C=O) groups is 1. The molecule has 0 spiro atoms. The van der Waals surface area contributed by atoms with Gasteiger partial charge in [-0.25, -0.2) is 9.78 Å². The highest BCUT2D eigenvalue weighted by atomic mass is 16.5. The zero-order chi connectivity index (χ0) is 13.4. The van der Waals surface area contributed by atoms with Gasteiger partial charge in [-0.1, -0.05) is 13.8 Å². The molecule has 1 heterocycles. The van der Waals surface area contributed by atoms with E-state index < -0.39 is 5.97 Å². The van der Waals surface area contributed by atoms with Crippen LogP contribution in [-0.2, 0) is 9.47 Å². The van der Waals surface area contributed by atoms with Crippen LogP contribution in [0.3, 0.4) is 0 Å². The monoisotopic (exact) mass is 254 g/mol. The third-order valence-corrected chi connectivity index (χ3v) is 1.94. The average molecular weight is 254 g/mol. The van der Waals surface area contributed by atoms with Crippen LogP contribution in [0.25, 0.3) is 0 Å². The van der Waals surface area contributed by atoms with Crippen molar-refractivity contribution in [1.82, 2.24) is 9.97 Å². The van der Waals surface area contributed by atoms with Crippen molar-refractivity contribution in [2.24, 2.45) is 5.92 Å². The predicted octanol–water partition coefficient (Wildman–Crippen LogP) is 1.31. The van der Waals surface area contributed by atoms with E-state index in [1.807, 2.05) is 0 Å². The molecule has 0 saturated carbocycles. The Kier molecular flexibility index (Phi) is 6.07. The molecule has 0 amide bonds. The minimum absolute atomic E-state index is 0.123. The molecule has 0 aromatic carbocycles. The molecule has 100 valence electrons. The number of rotatable bonds is 7. The number of esters is 1. The summed E-state index contributed by atoms with van der Waals surface area (Å²) in [6.45, 7) is 5.68. The lowest BCUT2D eigenvalue weighted by Crippen LogP contribution is -2.12. The van der Waals surface area contributed by atoms with Crippen molar-refractivity contribution in [1.29, 1.82) is 0 Å². The van der Waals surface area contributed by atoms with Gasteiger partial charge in [-0.3, -0.25) is 4.98 Å². The van der Waals surface area contributed by atoms with Crippen molar-refractivity contribution in [2.75, 3.05) is 26.9 Å². The topological polar surface area (TPSA) is 70.5 Å². The molecule has 0 unspecified atom stereocenters. The van der Waals surface area contributed by atoms with Crippen LogP contribution < -0.4 is 4.74 Å². The summed E-state index contributed by atoms with van der Waals surface area (Å²) in [6.07, 6.45) is 2.77. The van der Waals surface area contributed by atoms with E-state index in [4.69, 9.17) is 9.47 Å². The Hall–Kier alpha value is -1.69. The lowest BCUT2D eigenvalue weighted by molar-refractivity contribution is 0.0590. The van der Waals surface area contributed by atoms with Crippen LogP contribution in [0, 0.1) is 5.92 Å². The van der Waals surface area contributed by atoms with Crippen molar-refractivity contribution in [3.05, 3.63) is 18.1 Å². The van der Waals surface area contributed by atoms with Gasteiger partial charge in [0.25, 0.3) is 0 Å². The number of aromatic nitrogens is 2. The van der Waals surface area contributed by atoms with Crippen LogP contribution in [0.2, 0.25) is 0 Å². The fourth-order valence-electron chi connectivity index (χ4n) is 1.14. The van der Waals surface area contributed by atoms with E-state index in [0.29, 0.717) is 25.7 Å². The van der Waals surface area contributed by atoms with Crippen LogP contribution in [0.5, 0.6) is 5.88 Å². The van der Waals surface area contributed by atoms with Crippen LogP contribution in [0.15, 0.2) is 12.4 Å². The molecule has 0 radical (unpaired) electrons. The van der Waals surface area contributed by atoms with E-state index >= 15 is 0 Å². The Morgan fingerprint density at radius 2 is 2.11 bits per heavy atom. The van der Waals surface area contributed by atoms with Gasteiger partial charge in [-0.15, -0.1) is 0 Å². The summed E-state index contributed by atoms with van der Waals surface area (Å²) in [6, 6.07) is 0. The SMILES string of the molecule is COC(=O)c1cncc(OCCOCC(C)C)n1. The Balaban J connectivity index is 2.36. The lowest BCUT2D eigenvalue weighted by Gasteiger charge is -2.08. The second-order valence-electron chi connectivity index (χ2n) is 4.05. The summed E-state index contributed by atoms with van der Waals surface area (Å²) >= 11 is 0. The van der Waals surface area contributed by atoms with Crippen LogP contribution in [-0.4, -0.2) is 42.9 Å². The predicted molar refractivity (Wildman–Crippen MR) is 64.5 cm³/mol. The van der Waals surface area contributed by atoms with E-state index in [1.165, 1.54) is 19.5 Å². The molecule has 0 N–H and O–H groups in total. The van der Waals surface area contributed by atoms with Gasteiger partial charge in [0.1, 0.15) is 6.61 Å². The minimum Gasteiger partial charge on any atom is -0.474 e. The van der Waals surface area contributed by atoms with E-state index in [9.17, 15) is 4.79 Å². The molecule has 0 bridgehead atoms. The maximum absolute atomic E-state index is 11.2. The zero-order valence-corrected chi connectivity index (χ0v) is 10.9. The first-order valence-electron chi connectivity index (χ1n) is 5.74. The van der Waals surface area contributed by atoms with Gasteiger partial charge >= 0.3 is 5.97 Å². The number of hydrogen-bond acceptors (Lipinski definition) is 6. The molecule has 1 aromatic heterocycles. The third-order valence-electron chi connectivity index (χ3n) is 1.94. The largest absolute Gasteiger partial charge is 0.474 e. The molecule has 0 aliphatic rings. The second kappa shape index (κ2) is 7.60. The molecule has 6 nitrogen and oxygen atoms in total. The van der Waals surface area contributed by atoms with Crippen LogP contribution in [0.4, 0.5) is 0 Å². The normalized spacial score (nSPS) is 10.4. The van der Waals surface area contributed by atoms with E-state index in [1.54, 1.807) is 0 Å². The summed E-state index contributed by atoms with van der Waals surface area (Å²) in [7, 11) is 1.29. The van der Waals surface area contributed by atoms with E-state index in [-0.39, 0.29) is 11.6 Å². The maximum Gasteiger partial charge on any atom is 0.358 e. The number of hydrogen-bond donors (Lipinski definition) is 0. The van der Waals surface area contributed by atoms with Gasteiger partial charge in [-0.2, -0.15) is 0 Å². The molecule has 6 heteroatoms. The van der Waals surface area contributed by atoms with Gasteiger partial charge in [0, 0.05) is 6.61 Å². The van der Waals surface area contributed by atoms with Gasteiger partial charge < -0.3 is 14.2 Å². The molecule has 1 rings (SSSR count). The van der Waals surface area contributed by atoms with E-state index in [0.717, 1.165) is 0 Å². The Morgan fingerprint density at radius 3 is 2.78 bits per heavy atom. The Labute approximate surface area is 106 Å². The zero-order valence-electron chi connectivity index (χ0n) is 10.9. The van der Waals surface area contributed by atoms with Gasteiger partial charge in [0.2, 0.25) is 5.88 Å². The fourth-order valence-corrected chi connectivity index (χ4v) is 1.14. The molecule has 0 fully saturated rings. The summed E-state index contributed by atoms with van der Waals surface area (Å²) in [4.78, 5) is 19.0. The quantitative estimate of drug-likeness (QED) is 0.540. The summed E-state index contributed by atoms with van der Waals surface area (Å²) in [5.74, 6) is 0.238. The number of ether oxygens (including phenoxy) is 3. The molecule has 18 heavy (non-hydrogen) atoms. The number of nitrogens with zero attached hydrogens (tertiary/aromatic N) is 2. The summed E-state index contributed by atoms with van der Waals surface area (Å²) in [5.41, 5.74) is 0.123. The second-order valence-corrected chi connectivity index (χ2v) is 4.05. The average Bonchev–Trinajstić information content (AvgIpc) is 2.37. The molecular formula is C12H18N2O4. The number of methoxy groups -OCH3 is 1. The standard InChI is InChI=1S/C12H18N2O4/c1-9(2)8-17-4-5-18-11-7-13-6-10(14-11)12(15)16-3/h6-7,9H,4-5,8H2,1-3H3. The van der Waals surface area contributed by atoms with Crippen LogP contribution in [0.1, 0.15) is 24.3 Å². The molecule has 0 saturated heterocycles. The summed E-state index contributed by atoms with van der Waals surface area (Å²) < 4.78 is 15.2. The number of carbonyl (C=O) groups excluding carboxylic acids is 1. The summed E-state index contributed by atoms with van der Waals surface area (Å²) in [5, 5.41) is 0. The lowest BCUT2D eigenvalue weighted by atomic mass is 10.2. The first kappa shape index (κ1) is 14.4. The van der Waals surface area contributed by atoms with Crippen molar-refractivity contribution in [3.63, 3.8) is 0 Å². The first-order valence-corrected chi connectivity index (χ1v) is 5.74. The van der Waals surface area contributed by atoms with E-state index in [2.05, 4.69) is 28.6 Å². The smallest absolute Gasteiger partial charge is 0.358 e. The Morgan fingerprint density at radius 1 is 1.33 bits per heavy atom. The minimum atomic E-state index is -0.538. The maximum atomic E-state index is 11.2. The molecule has 1 aromatic rings. The van der Waals surface area contributed by atoms with Crippen molar-refractivity contribution < 1.29 is 19.0 Å². The third kappa shape index (κ3) is 5.09. The molecular weight excluding hydrogens is 236 g/mol. The highest BCUT2D eigenvalue weighted by molar-refractivity contribution is 5.86. The van der Waals surface area contributed by atoms with Crippen molar-refractivity contribution in [3.8, 4) is 5.88 Å². The van der Waals surface area contributed by atoms with Gasteiger partial charge in [-0.05, 0) is 5.92 Å². The molecule has 0 aliphatic carbocycles. The highest BCUT2D eigenvalue weighted by Crippen LogP contribution is 2.05. The van der Waals surface area contributed by atoms with Crippen molar-refractivity contribution in [2.45, 2.75) is 13.8 Å².